The summed E-state index contributed by atoms with van der Waals surface area (Å²) >= 11 is 11.9. The van der Waals surface area contributed by atoms with Gasteiger partial charge < -0.3 is 0 Å². The van der Waals surface area contributed by atoms with Crippen LogP contribution in [0, 0.1) is 0 Å². The summed E-state index contributed by atoms with van der Waals surface area (Å²) in [4.78, 5) is 12.4. The summed E-state index contributed by atoms with van der Waals surface area (Å²) in [6.45, 7) is 2.19. The molecule has 2 aromatic carbocycles. The molecule has 0 N–H and O–H groups in total. The van der Waals surface area contributed by atoms with Gasteiger partial charge in [0.15, 0.2) is 5.78 Å². The first kappa shape index (κ1) is 16.1. The maximum absolute atomic E-state index is 12.4. The van der Waals surface area contributed by atoms with E-state index in [1.807, 2.05) is 24.3 Å². The lowest BCUT2D eigenvalue weighted by Gasteiger charge is -2.05. The molecule has 0 aliphatic rings. The highest BCUT2D eigenvalue weighted by atomic mass is 35.5. The van der Waals surface area contributed by atoms with Crippen LogP contribution in [0.4, 0.5) is 0 Å². The van der Waals surface area contributed by atoms with Crippen LogP contribution < -0.4 is 0 Å². The zero-order valence-electron chi connectivity index (χ0n) is 12.0. The monoisotopic (exact) mass is 320 g/mol. The standard InChI is InChI=1S/C18H18Cl2O/c1-2-3-4-5-13-6-8-14(9-7-13)18(21)15-10-16(19)12-17(20)11-15/h6-12H,2-5H2,1H3. The van der Waals surface area contributed by atoms with Gasteiger partial charge in [-0.15, -0.1) is 0 Å². The number of hydrogen-bond acceptors (Lipinski definition) is 1. The topological polar surface area (TPSA) is 17.1 Å². The Hall–Kier alpha value is -1.31. The van der Waals surface area contributed by atoms with E-state index in [2.05, 4.69) is 6.92 Å². The third-order valence-corrected chi connectivity index (χ3v) is 3.85. The molecular weight excluding hydrogens is 303 g/mol. The molecule has 1 nitrogen and oxygen atoms in total. The molecule has 0 amide bonds. The highest BCUT2D eigenvalue weighted by Gasteiger charge is 2.10. The van der Waals surface area contributed by atoms with Gasteiger partial charge in [0, 0.05) is 21.2 Å². The normalized spacial score (nSPS) is 10.6. The summed E-state index contributed by atoms with van der Waals surface area (Å²) in [5, 5.41) is 0.948. The van der Waals surface area contributed by atoms with Crippen molar-refractivity contribution in [3.63, 3.8) is 0 Å². The van der Waals surface area contributed by atoms with E-state index >= 15 is 0 Å². The minimum atomic E-state index is -0.0560. The number of rotatable bonds is 6. The number of halogens is 2. The third-order valence-electron chi connectivity index (χ3n) is 3.41. The molecule has 3 heteroatoms. The number of unbranched alkanes of at least 4 members (excludes halogenated alkanes) is 2. The predicted molar refractivity (Wildman–Crippen MR) is 89.6 cm³/mol. The molecule has 2 aromatic rings. The molecule has 0 radical (unpaired) electrons. The van der Waals surface area contributed by atoms with Crippen LogP contribution in [0.5, 0.6) is 0 Å². The largest absolute Gasteiger partial charge is 0.289 e. The van der Waals surface area contributed by atoms with Crippen LogP contribution in [-0.4, -0.2) is 5.78 Å². The average molecular weight is 321 g/mol. The predicted octanol–water partition coefficient (Wildman–Crippen LogP) is 5.96. The number of carbonyl (C=O) groups is 1. The van der Waals surface area contributed by atoms with Crippen molar-refractivity contribution in [1.29, 1.82) is 0 Å². The van der Waals surface area contributed by atoms with Crippen LogP contribution in [0.15, 0.2) is 42.5 Å². The van der Waals surface area contributed by atoms with Crippen molar-refractivity contribution in [2.45, 2.75) is 32.6 Å². The molecule has 0 aliphatic carbocycles. The number of benzene rings is 2. The lowest BCUT2D eigenvalue weighted by atomic mass is 10.0. The lowest BCUT2D eigenvalue weighted by Crippen LogP contribution is -2.01. The van der Waals surface area contributed by atoms with Gasteiger partial charge in [-0.3, -0.25) is 4.79 Å². The van der Waals surface area contributed by atoms with Crippen molar-refractivity contribution in [2.24, 2.45) is 0 Å². The molecule has 0 saturated carbocycles. The van der Waals surface area contributed by atoms with Crippen LogP contribution in [-0.2, 0) is 6.42 Å². The van der Waals surface area contributed by atoms with Crippen LogP contribution in [0.2, 0.25) is 10.0 Å². The number of hydrogen-bond donors (Lipinski definition) is 0. The summed E-state index contributed by atoms with van der Waals surface area (Å²) in [7, 11) is 0. The molecule has 0 aliphatic heterocycles. The Balaban J connectivity index is 2.12. The molecule has 0 spiro atoms. The molecule has 2 rings (SSSR count). The first-order chi connectivity index (χ1) is 10.1. The molecule has 0 heterocycles. The summed E-state index contributed by atoms with van der Waals surface area (Å²) in [6, 6.07) is 12.7. The van der Waals surface area contributed by atoms with E-state index in [-0.39, 0.29) is 5.78 Å². The molecular formula is C18H18Cl2O. The smallest absolute Gasteiger partial charge is 0.193 e. The van der Waals surface area contributed by atoms with Crippen molar-refractivity contribution in [3.8, 4) is 0 Å². The van der Waals surface area contributed by atoms with E-state index in [0.29, 0.717) is 21.2 Å². The zero-order valence-corrected chi connectivity index (χ0v) is 13.5. The van der Waals surface area contributed by atoms with Gasteiger partial charge in [-0.05, 0) is 36.6 Å². The highest BCUT2D eigenvalue weighted by molar-refractivity contribution is 6.35. The average Bonchev–Trinajstić information content (AvgIpc) is 2.46. The highest BCUT2D eigenvalue weighted by Crippen LogP contribution is 2.21. The van der Waals surface area contributed by atoms with Gasteiger partial charge in [-0.25, -0.2) is 0 Å². The minimum Gasteiger partial charge on any atom is -0.289 e. The second-order valence-corrected chi connectivity index (χ2v) is 6.01. The summed E-state index contributed by atoms with van der Waals surface area (Å²) in [5.41, 5.74) is 2.45. The Labute approximate surface area is 135 Å². The first-order valence-corrected chi connectivity index (χ1v) is 7.95. The van der Waals surface area contributed by atoms with Crippen molar-refractivity contribution < 1.29 is 4.79 Å². The first-order valence-electron chi connectivity index (χ1n) is 7.20. The Kier molecular flexibility index (Phi) is 5.84. The van der Waals surface area contributed by atoms with E-state index in [1.54, 1.807) is 18.2 Å². The van der Waals surface area contributed by atoms with Gasteiger partial charge in [-0.2, -0.15) is 0 Å². The molecule has 0 unspecified atom stereocenters. The van der Waals surface area contributed by atoms with E-state index in [4.69, 9.17) is 23.2 Å². The maximum atomic E-state index is 12.4. The zero-order chi connectivity index (χ0) is 15.2. The van der Waals surface area contributed by atoms with Crippen LogP contribution >= 0.6 is 23.2 Å². The molecule has 110 valence electrons. The quantitative estimate of drug-likeness (QED) is 0.474. The van der Waals surface area contributed by atoms with Gasteiger partial charge in [0.1, 0.15) is 0 Å². The molecule has 0 fully saturated rings. The molecule has 0 bridgehead atoms. The fourth-order valence-corrected chi connectivity index (χ4v) is 2.78. The van der Waals surface area contributed by atoms with E-state index in [1.165, 1.54) is 24.8 Å². The second-order valence-electron chi connectivity index (χ2n) is 5.14. The van der Waals surface area contributed by atoms with E-state index < -0.39 is 0 Å². The maximum Gasteiger partial charge on any atom is 0.193 e. The fourth-order valence-electron chi connectivity index (χ4n) is 2.25. The van der Waals surface area contributed by atoms with Crippen LogP contribution in [0.1, 0.15) is 47.7 Å². The fraction of sp³-hybridized carbons (Fsp3) is 0.278. The number of aryl methyl sites for hydroxylation is 1. The lowest BCUT2D eigenvalue weighted by molar-refractivity contribution is 0.103. The number of carbonyl (C=O) groups excluding carboxylic acids is 1. The Morgan fingerprint density at radius 1 is 0.905 bits per heavy atom. The van der Waals surface area contributed by atoms with Gasteiger partial charge in [0.2, 0.25) is 0 Å². The minimum absolute atomic E-state index is 0.0560. The third kappa shape index (κ3) is 4.59. The van der Waals surface area contributed by atoms with Crippen molar-refractivity contribution in [2.75, 3.05) is 0 Å². The number of ketones is 1. The molecule has 0 aromatic heterocycles. The Morgan fingerprint density at radius 3 is 2.10 bits per heavy atom. The van der Waals surface area contributed by atoms with E-state index in [9.17, 15) is 4.79 Å². The summed E-state index contributed by atoms with van der Waals surface area (Å²) in [6.07, 6.45) is 4.70. The molecule has 0 saturated heterocycles. The van der Waals surface area contributed by atoms with Gasteiger partial charge in [0.05, 0.1) is 0 Å². The summed E-state index contributed by atoms with van der Waals surface area (Å²) < 4.78 is 0. The SMILES string of the molecule is CCCCCc1ccc(C(=O)c2cc(Cl)cc(Cl)c2)cc1. The second kappa shape index (κ2) is 7.63. The van der Waals surface area contributed by atoms with Crippen molar-refractivity contribution >= 4 is 29.0 Å². The molecule has 21 heavy (non-hydrogen) atoms. The van der Waals surface area contributed by atoms with E-state index in [0.717, 1.165) is 6.42 Å². The summed E-state index contributed by atoms with van der Waals surface area (Å²) in [5.74, 6) is -0.0560. The Bertz CT molecular complexity index is 597. The van der Waals surface area contributed by atoms with Gasteiger partial charge in [0.25, 0.3) is 0 Å². The van der Waals surface area contributed by atoms with Crippen molar-refractivity contribution in [1.82, 2.24) is 0 Å². The van der Waals surface area contributed by atoms with Crippen LogP contribution in [0.25, 0.3) is 0 Å². The van der Waals surface area contributed by atoms with Crippen molar-refractivity contribution in [3.05, 3.63) is 69.2 Å². The van der Waals surface area contributed by atoms with Gasteiger partial charge in [-0.1, -0.05) is 67.2 Å². The van der Waals surface area contributed by atoms with Gasteiger partial charge >= 0.3 is 0 Å². The Morgan fingerprint density at radius 2 is 1.52 bits per heavy atom. The van der Waals surface area contributed by atoms with Crippen LogP contribution in [0.3, 0.4) is 0 Å². The molecule has 0 atom stereocenters.